The third kappa shape index (κ3) is 10.5. The molecule has 1 atom stereocenters. The second-order valence-electron chi connectivity index (χ2n) is 7.99. The molecule has 0 saturated carbocycles. The van der Waals surface area contributed by atoms with Gasteiger partial charge >= 0.3 is 0 Å². The predicted molar refractivity (Wildman–Crippen MR) is 74.8 cm³/mol. The van der Waals surface area contributed by atoms with Gasteiger partial charge in [0.15, 0.2) is 0 Å². The molecule has 0 bridgehead atoms. The van der Waals surface area contributed by atoms with Crippen molar-refractivity contribution in [3.8, 4) is 0 Å². The van der Waals surface area contributed by atoms with Crippen LogP contribution in [0, 0.1) is 16.7 Å². The van der Waals surface area contributed by atoms with E-state index in [1.165, 1.54) is 25.8 Å². The molecule has 0 aliphatic rings. The summed E-state index contributed by atoms with van der Waals surface area (Å²) in [7, 11) is 4.37. The maximum atomic E-state index is 2.35. The Morgan fingerprint density at radius 3 is 1.69 bits per heavy atom. The zero-order valence-electron chi connectivity index (χ0n) is 12.9. The molecule has 16 heavy (non-hydrogen) atoms. The molecule has 0 N–H and O–H groups in total. The van der Waals surface area contributed by atoms with E-state index in [9.17, 15) is 0 Å². The van der Waals surface area contributed by atoms with Crippen molar-refractivity contribution in [1.82, 2.24) is 4.90 Å². The van der Waals surface area contributed by atoms with E-state index in [0.717, 1.165) is 5.92 Å². The molecule has 0 aromatic heterocycles. The lowest BCUT2D eigenvalue weighted by Crippen LogP contribution is -2.26. The molecule has 0 saturated heterocycles. The summed E-state index contributed by atoms with van der Waals surface area (Å²) in [6.07, 6.45) is 4.03. The summed E-state index contributed by atoms with van der Waals surface area (Å²) >= 11 is 0. The Morgan fingerprint density at radius 2 is 1.38 bits per heavy atom. The smallest absolute Gasteiger partial charge is 0.000376 e. The van der Waals surface area contributed by atoms with Crippen LogP contribution in [0.4, 0.5) is 0 Å². The first-order valence-corrected chi connectivity index (χ1v) is 6.64. The molecular formula is C15H33N. The minimum absolute atomic E-state index is 0.457. The molecule has 1 unspecified atom stereocenters. The van der Waals surface area contributed by atoms with Crippen molar-refractivity contribution in [3.05, 3.63) is 0 Å². The van der Waals surface area contributed by atoms with Gasteiger partial charge in [-0.15, -0.1) is 0 Å². The van der Waals surface area contributed by atoms with E-state index in [4.69, 9.17) is 0 Å². The number of nitrogens with zero attached hydrogens (tertiary/aromatic N) is 1. The quantitative estimate of drug-likeness (QED) is 0.672. The highest BCUT2D eigenvalue weighted by Crippen LogP contribution is 2.31. The standard InChI is InChI=1S/C15H33N/c1-14(2,3)10-9-13(12-16(7)8)11-15(4,5)6/h13H,9-12H2,1-8H3. The second-order valence-corrected chi connectivity index (χ2v) is 7.99. The van der Waals surface area contributed by atoms with Crippen LogP contribution in [0.25, 0.3) is 0 Å². The summed E-state index contributed by atoms with van der Waals surface area (Å²) in [5, 5.41) is 0. The fourth-order valence-electron chi connectivity index (χ4n) is 2.28. The van der Waals surface area contributed by atoms with Crippen LogP contribution in [-0.2, 0) is 0 Å². The van der Waals surface area contributed by atoms with Crippen molar-refractivity contribution in [2.75, 3.05) is 20.6 Å². The topological polar surface area (TPSA) is 3.24 Å². The van der Waals surface area contributed by atoms with Crippen LogP contribution in [-0.4, -0.2) is 25.5 Å². The lowest BCUT2D eigenvalue weighted by atomic mass is 9.79. The zero-order chi connectivity index (χ0) is 13.0. The van der Waals surface area contributed by atoms with E-state index in [-0.39, 0.29) is 0 Å². The first kappa shape index (κ1) is 16.0. The Kier molecular flexibility index (Phi) is 6.03. The van der Waals surface area contributed by atoms with Gasteiger partial charge in [-0.05, 0) is 50.1 Å². The molecule has 0 spiro atoms. The van der Waals surface area contributed by atoms with Gasteiger partial charge in [0.1, 0.15) is 0 Å². The van der Waals surface area contributed by atoms with E-state index in [0.29, 0.717) is 10.8 Å². The second kappa shape index (κ2) is 6.05. The van der Waals surface area contributed by atoms with E-state index in [2.05, 4.69) is 60.5 Å². The summed E-state index contributed by atoms with van der Waals surface area (Å²) in [4.78, 5) is 2.33. The highest BCUT2D eigenvalue weighted by Gasteiger charge is 2.21. The van der Waals surface area contributed by atoms with E-state index >= 15 is 0 Å². The van der Waals surface area contributed by atoms with Crippen LogP contribution in [0.15, 0.2) is 0 Å². The zero-order valence-corrected chi connectivity index (χ0v) is 12.9. The lowest BCUT2D eigenvalue weighted by molar-refractivity contribution is 0.206. The summed E-state index contributed by atoms with van der Waals surface area (Å²) in [5.41, 5.74) is 0.932. The summed E-state index contributed by atoms with van der Waals surface area (Å²) in [6.45, 7) is 15.3. The summed E-state index contributed by atoms with van der Waals surface area (Å²) < 4.78 is 0. The predicted octanol–water partition coefficient (Wildman–Crippen LogP) is 4.43. The van der Waals surface area contributed by atoms with Gasteiger partial charge in [0.05, 0.1) is 0 Å². The van der Waals surface area contributed by atoms with Gasteiger partial charge in [0.25, 0.3) is 0 Å². The third-order valence-electron chi connectivity index (χ3n) is 2.83. The van der Waals surface area contributed by atoms with Crippen molar-refractivity contribution in [1.29, 1.82) is 0 Å². The largest absolute Gasteiger partial charge is 0.309 e. The average Bonchev–Trinajstić information content (AvgIpc) is 1.94. The molecular weight excluding hydrogens is 194 g/mol. The normalized spacial score (nSPS) is 15.6. The Balaban J connectivity index is 4.22. The van der Waals surface area contributed by atoms with Gasteiger partial charge < -0.3 is 4.90 Å². The van der Waals surface area contributed by atoms with Crippen LogP contribution >= 0.6 is 0 Å². The van der Waals surface area contributed by atoms with Gasteiger partial charge in [-0.2, -0.15) is 0 Å². The van der Waals surface area contributed by atoms with E-state index in [1.807, 2.05) is 0 Å². The molecule has 0 radical (unpaired) electrons. The highest BCUT2D eigenvalue weighted by molar-refractivity contribution is 4.73. The molecule has 0 heterocycles. The maximum absolute atomic E-state index is 2.35. The van der Waals surface area contributed by atoms with Crippen LogP contribution in [0.3, 0.4) is 0 Å². The molecule has 98 valence electrons. The van der Waals surface area contributed by atoms with Crippen LogP contribution in [0.5, 0.6) is 0 Å². The van der Waals surface area contributed by atoms with Crippen LogP contribution < -0.4 is 0 Å². The van der Waals surface area contributed by atoms with E-state index in [1.54, 1.807) is 0 Å². The van der Waals surface area contributed by atoms with E-state index < -0.39 is 0 Å². The van der Waals surface area contributed by atoms with Crippen LogP contribution in [0.2, 0.25) is 0 Å². The minimum atomic E-state index is 0.457. The van der Waals surface area contributed by atoms with Gasteiger partial charge in [0.2, 0.25) is 0 Å². The van der Waals surface area contributed by atoms with Gasteiger partial charge in [0, 0.05) is 6.54 Å². The van der Waals surface area contributed by atoms with Crippen molar-refractivity contribution in [2.24, 2.45) is 16.7 Å². The Bertz CT molecular complexity index is 181. The van der Waals surface area contributed by atoms with Gasteiger partial charge in [-0.1, -0.05) is 41.5 Å². The van der Waals surface area contributed by atoms with Crippen molar-refractivity contribution in [3.63, 3.8) is 0 Å². The Hall–Kier alpha value is -0.0400. The minimum Gasteiger partial charge on any atom is -0.309 e. The lowest BCUT2D eigenvalue weighted by Gasteiger charge is -2.30. The average molecular weight is 227 g/mol. The maximum Gasteiger partial charge on any atom is 0.000376 e. The molecule has 1 heteroatoms. The molecule has 0 rings (SSSR count). The fourth-order valence-corrected chi connectivity index (χ4v) is 2.28. The number of hydrogen-bond donors (Lipinski definition) is 0. The summed E-state index contributed by atoms with van der Waals surface area (Å²) in [6, 6.07) is 0. The molecule has 0 aliphatic carbocycles. The number of rotatable bonds is 5. The van der Waals surface area contributed by atoms with Gasteiger partial charge in [-0.3, -0.25) is 0 Å². The molecule has 0 aromatic carbocycles. The highest BCUT2D eigenvalue weighted by atomic mass is 15.1. The molecule has 0 fully saturated rings. The first-order valence-electron chi connectivity index (χ1n) is 6.64. The Labute approximate surface area is 104 Å². The summed E-state index contributed by atoms with van der Waals surface area (Å²) in [5.74, 6) is 0.842. The van der Waals surface area contributed by atoms with Gasteiger partial charge in [-0.25, -0.2) is 0 Å². The van der Waals surface area contributed by atoms with Crippen molar-refractivity contribution in [2.45, 2.75) is 60.8 Å². The van der Waals surface area contributed by atoms with Crippen LogP contribution in [0.1, 0.15) is 60.8 Å². The third-order valence-corrected chi connectivity index (χ3v) is 2.83. The monoisotopic (exact) mass is 227 g/mol. The Morgan fingerprint density at radius 1 is 0.875 bits per heavy atom. The number of hydrogen-bond acceptors (Lipinski definition) is 1. The molecule has 0 aromatic rings. The molecule has 0 amide bonds. The first-order chi connectivity index (χ1) is 6.99. The molecule has 1 nitrogen and oxygen atoms in total. The fraction of sp³-hybridized carbons (Fsp3) is 1.00. The van der Waals surface area contributed by atoms with Crippen molar-refractivity contribution >= 4 is 0 Å². The molecule has 0 aliphatic heterocycles. The van der Waals surface area contributed by atoms with Crippen molar-refractivity contribution < 1.29 is 0 Å². The SMILES string of the molecule is CN(C)CC(CCC(C)(C)C)CC(C)(C)C.